The lowest BCUT2D eigenvalue weighted by Crippen LogP contribution is -2.11. The number of primary amides is 1. The molecule has 0 aliphatic rings. The molecule has 2 aromatic carbocycles. The van der Waals surface area contributed by atoms with Crippen LogP contribution >= 0.6 is 0 Å². The van der Waals surface area contributed by atoms with Gasteiger partial charge >= 0.3 is 0 Å². The van der Waals surface area contributed by atoms with Gasteiger partial charge in [-0.15, -0.1) is 5.10 Å². The summed E-state index contributed by atoms with van der Waals surface area (Å²) in [6.07, 6.45) is 1.32. The second kappa shape index (κ2) is 6.75. The molecule has 4 aromatic rings. The molecule has 1 amide bonds. The van der Waals surface area contributed by atoms with Crippen molar-refractivity contribution < 1.29 is 9.18 Å². The second-order valence-electron chi connectivity index (χ2n) is 5.63. The number of carbonyl (C=O) groups is 1. The number of fused-ring (bicyclic) bond motifs is 1. The largest absolute Gasteiger partial charge is 0.366 e. The Kier molecular flexibility index (Phi) is 4.13. The molecule has 2 heterocycles. The monoisotopic (exact) mass is 364 g/mol. The first-order valence-electron chi connectivity index (χ1n) is 7.94. The molecule has 0 saturated carbocycles. The zero-order valence-electron chi connectivity index (χ0n) is 13.9. The third kappa shape index (κ3) is 3.27. The molecule has 0 spiro atoms. The van der Waals surface area contributed by atoms with Crippen molar-refractivity contribution >= 4 is 22.9 Å². The summed E-state index contributed by atoms with van der Waals surface area (Å²) in [5.74, 6) is -0.402. The van der Waals surface area contributed by atoms with Crippen LogP contribution in [0.1, 0.15) is 15.9 Å². The first-order valence-corrected chi connectivity index (χ1v) is 7.94. The molecule has 0 radical (unpaired) electrons. The molecular weight excluding hydrogens is 351 g/mol. The molecular formula is C17H13FN8O. The molecule has 9 nitrogen and oxygen atoms in total. The van der Waals surface area contributed by atoms with Gasteiger partial charge in [0.05, 0.1) is 11.1 Å². The van der Waals surface area contributed by atoms with E-state index < -0.39 is 5.91 Å². The van der Waals surface area contributed by atoms with Crippen molar-refractivity contribution in [3.63, 3.8) is 0 Å². The van der Waals surface area contributed by atoms with Crippen molar-refractivity contribution in [2.75, 3.05) is 5.32 Å². The number of nitrogens with zero attached hydrogens (tertiary/aromatic N) is 6. The minimum atomic E-state index is -0.597. The first-order chi connectivity index (χ1) is 13.1. The Labute approximate surface area is 152 Å². The van der Waals surface area contributed by atoms with Gasteiger partial charge in [-0.25, -0.2) is 9.37 Å². The molecule has 0 atom stereocenters. The summed E-state index contributed by atoms with van der Waals surface area (Å²) >= 11 is 0. The van der Waals surface area contributed by atoms with Gasteiger partial charge in [0.1, 0.15) is 17.7 Å². The van der Waals surface area contributed by atoms with Crippen LogP contribution in [0.5, 0.6) is 0 Å². The predicted octanol–water partition coefficient (Wildman–Crippen LogP) is 1.46. The van der Waals surface area contributed by atoms with Gasteiger partial charge in [-0.05, 0) is 29.8 Å². The first kappa shape index (κ1) is 16.5. The van der Waals surface area contributed by atoms with E-state index in [1.54, 1.807) is 30.3 Å². The topological polar surface area (TPSA) is 125 Å². The Bertz CT molecular complexity index is 1140. The number of benzene rings is 2. The number of hydrogen-bond acceptors (Lipinski definition) is 7. The number of nitrogens with one attached hydrogen (secondary N) is 1. The van der Waals surface area contributed by atoms with Gasteiger partial charge in [-0.3, -0.25) is 4.79 Å². The van der Waals surface area contributed by atoms with Gasteiger partial charge in [0.2, 0.25) is 5.95 Å². The molecule has 27 heavy (non-hydrogen) atoms. The normalized spacial score (nSPS) is 10.9. The number of rotatable bonds is 5. The summed E-state index contributed by atoms with van der Waals surface area (Å²) in [6, 6.07) is 11.2. The third-order valence-electron chi connectivity index (χ3n) is 3.83. The quantitative estimate of drug-likeness (QED) is 0.549. The maximum atomic E-state index is 13.3. The fourth-order valence-corrected chi connectivity index (χ4v) is 2.59. The van der Waals surface area contributed by atoms with Gasteiger partial charge in [0, 0.05) is 6.54 Å². The summed E-state index contributed by atoms with van der Waals surface area (Å²) in [5.41, 5.74) is 7.27. The van der Waals surface area contributed by atoms with E-state index in [0.717, 1.165) is 5.56 Å². The lowest BCUT2D eigenvalue weighted by Gasteiger charge is -2.06. The second-order valence-corrected chi connectivity index (χ2v) is 5.63. The van der Waals surface area contributed by atoms with Crippen molar-refractivity contribution in [1.29, 1.82) is 0 Å². The highest BCUT2D eigenvalue weighted by atomic mass is 19.1. The molecule has 0 saturated heterocycles. The molecule has 0 aliphatic carbocycles. The van der Waals surface area contributed by atoms with Crippen LogP contribution in [0.4, 0.5) is 10.3 Å². The highest BCUT2D eigenvalue weighted by Crippen LogP contribution is 2.18. The summed E-state index contributed by atoms with van der Waals surface area (Å²) in [4.78, 5) is 24.0. The molecule has 0 aliphatic heterocycles. The maximum absolute atomic E-state index is 13.3. The van der Waals surface area contributed by atoms with E-state index in [1.807, 2.05) is 0 Å². The number of anilines is 1. The summed E-state index contributed by atoms with van der Waals surface area (Å²) in [6.45, 7) is 0.338. The Balaban J connectivity index is 1.64. The van der Waals surface area contributed by atoms with Crippen LogP contribution in [0.2, 0.25) is 0 Å². The zero-order chi connectivity index (χ0) is 18.8. The summed E-state index contributed by atoms with van der Waals surface area (Å²) in [7, 11) is 0. The van der Waals surface area contributed by atoms with Crippen molar-refractivity contribution in [2.45, 2.75) is 6.54 Å². The number of nitrogens with two attached hydrogens (primary N) is 1. The minimum absolute atomic E-state index is 0.218. The fraction of sp³-hybridized carbons (Fsp3) is 0.0588. The molecule has 10 heteroatoms. The molecule has 4 rings (SSSR count). The van der Waals surface area contributed by atoms with Gasteiger partial charge in [0.25, 0.3) is 11.9 Å². The molecule has 0 bridgehead atoms. The van der Waals surface area contributed by atoms with Crippen LogP contribution in [0.15, 0.2) is 48.8 Å². The summed E-state index contributed by atoms with van der Waals surface area (Å²) < 4.78 is 14.6. The van der Waals surface area contributed by atoms with Gasteiger partial charge in [0.15, 0.2) is 0 Å². The van der Waals surface area contributed by atoms with E-state index in [9.17, 15) is 9.18 Å². The SMILES string of the molecule is NC(=O)c1cccc2c1nnn2-c1ncnc(NCc2cccc(F)c2)n1. The van der Waals surface area contributed by atoms with Crippen LogP contribution < -0.4 is 11.1 Å². The van der Waals surface area contributed by atoms with Gasteiger partial charge < -0.3 is 11.1 Å². The Morgan fingerprint density at radius 3 is 2.85 bits per heavy atom. The van der Waals surface area contributed by atoms with E-state index in [0.29, 0.717) is 23.5 Å². The Hall–Kier alpha value is -3.95. The summed E-state index contributed by atoms with van der Waals surface area (Å²) in [5, 5.41) is 11.0. The van der Waals surface area contributed by atoms with E-state index in [4.69, 9.17) is 5.73 Å². The van der Waals surface area contributed by atoms with Crippen molar-refractivity contribution in [3.8, 4) is 5.95 Å². The van der Waals surface area contributed by atoms with E-state index in [-0.39, 0.29) is 17.3 Å². The molecule has 134 valence electrons. The van der Waals surface area contributed by atoms with E-state index in [2.05, 4.69) is 30.6 Å². The van der Waals surface area contributed by atoms with Crippen molar-refractivity contribution in [2.24, 2.45) is 5.73 Å². The number of hydrogen-bond donors (Lipinski definition) is 2. The van der Waals surface area contributed by atoms with Crippen LogP contribution in [-0.2, 0) is 6.54 Å². The standard InChI is InChI=1S/C17H13FN8O/c18-11-4-1-3-10(7-11)8-20-16-21-9-22-17(23-16)26-13-6-2-5-12(15(19)27)14(13)24-25-26/h1-7,9H,8H2,(H2,19,27)(H,20,21,22,23). The van der Waals surface area contributed by atoms with Crippen molar-refractivity contribution in [3.05, 3.63) is 65.7 Å². The smallest absolute Gasteiger partial charge is 0.257 e. The molecule has 2 aromatic heterocycles. The number of amides is 1. The van der Waals surface area contributed by atoms with E-state index in [1.165, 1.54) is 23.1 Å². The number of carbonyl (C=O) groups excluding carboxylic acids is 1. The zero-order valence-corrected chi connectivity index (χ0v) is 13.9. The van der Waals surface area contributed by atoms with Gasteiger partial charge in [-0.1, -0.05) is 23.4 Å². The minimum Gasteiger partial charge on any atom is -0.366 e. The molecule has 3 N–H and O–H groups in total. The third-order valence-corrected chi connectivity index (χ3v) is 3.83. The van der Waals surface area contributed by atoms with Crippen LogP contribution in [-0.4, -0.2) is 35.9 Å². The van der Waals surface area contributed by atoms with Crippen LogP contribution in [0, 0.1) is 5.82 Å². The lowest BCUT2D eigenvalue weighted by atomic mass is 10.2. The van der Waals surface area contributed by atoms with Crippen LogP contribution in [0.25, 0.3) is 17.0 Å². The molecule has 0 fully saturated rings. The lowest BCUT2D eigenvalue weighted by molar-refractivity contribution is 0.100. The average Bonchev–Trinajstić information content (AvgIpc) is 3.11. The van der Waals surface area contributed by atoms with Gasteiger partial charge in [-0.2, -0.15) is 14.6 Å². The maximum Gasteiger partial charge on any atom is 0.257 e. The highest BCUT2D eigenvalue weighted by Gasteiger charge is 2.15. The number of aromatic nitrogens is 6. The Morgan fingerprint density at radius 1 is 1.19 bits per heavy atom. The number of halogens is 1. The fourth-order valence-electron chi connectivity index (χ4n) is 2.59. The predicted molar refractivity (Wildman–Crippen MR) is 94.5 cm³/mol. The Morgan fingerprint density at radius 2 is 2.04 bits per heavy atom. The highest BCUT2D eigenvalue weighted by molar-refractivity contribution is 6.03. The average molecular weight is 364 g/mol. The van der Waals surface area contributed by atoms with Crippen molar-refractivity contribution in [1.82, 2.24) is 29.9 Å². The van der Waals surface area contributed by atoms with Crippen LogP contribution in [0.3, 0.4) is 0 Å². The molecule has 0 unspecified atom stereocenters. The van der Waals surface area contributed by atoms with E-state index >= 15 is 0 Å².